The average Bonchev–Trinajstić information content (AvgIpc) is 2.90. The number of aromatic nitrogens is 2. The fourth-order valence-corrected chi connectivity index (χ4v) is 2.74. The Balaban J connectivity index is 1.65. The van der Waals surface area contributed by atoms with Gasteiger partial charge in [-0.25, -0.2) is 4.68 Å². The summed E-state index contributed by atoms with van der Waals surface area (Å²) in [4.78, 5) is 12.0. The molecule has 3 rings (SSSR count). The van der Waals surface area contributed by atoms with E-state index in [1.807, 2.05) is 43.5 Å². The van der Waals surface area contributed by atoms with Gasteiger partial charge in [0.1, 0.15) is 4.33 Å². The Morgan fingerprint density at radius 1 is 1.43 bits per heavy atom. The van der Waals surface area contributed by atoms with Gasteiger partial charge in [-0.1, -0.05) is 12.1 Å². The second-order valence-electron chi connectivity index (χ2n) is 5.29. The van der Waals surface area contributed by atoms with Crippen LogP contribution in [0.25, 0.3) is 5.69 Å². The maximum atomic E-state index is 12.0. The molecular formula is C15H15Cl2N3O. The molecule has 21 heavy (non-hydrogen) atoms. The van der Waals surface area contributed by atoms with Crippen molar-refractivity contribution in [2.24, 2.45) is 5.92 Å². The van der Waals surface area contributed by atoms with Crippen molar-refractivity contribution in [3.8, 4) is 5.69 Å². The highest BCUT2D eigenvalue weighted by atomic mass is 35.5. The molecule has 0 saturated heterocycles. The maximum Gasteiger partial charge on any atom is 0.226 e. The molecule has 0 bridgehead atoms. The van der Waals surface area contributed by atoms with Gasteiger partial charge in [-0.05, 0) is 37.1 Å². The van der Waals surface area contributed by atoms with Gasteiger partial charge in [0.05, 0.1) is 17.6 Å². The quantitative estimate of drug-likeness (QED) is 0.878. The highest BCUT2D eigenvalue weighted by molar-refractivity contribution is 6.52. The molecule has 1 amide bonds. The first kappa shape index (κ1) is 14.4. The lowest BCUT2D eigenvalue weighted by atomic mass is 10.1. The lowest BCUT2D eigenvalue weighted by Crippen LogP contribution is -2.29. The molecule has 4 nitrogen and oxygen atoms in total. The van der Waals surface area contributed by atoms with Gasteiger partial charge in [0.25, 0.3) is 0 Å². The van der Waals surface area contributed by atoms with Crippen LogP contribution in [-0.4, -0.2) is 20.0 Å². The first-order chi connectivity index (χ1) is 9.97. The van der Waals surface area contributed by atoms with E-state index < -0.39 is 4.33 Å². The summed E-state index contributed by atoms with van der Waals surface area (Å²) in [6, 6.07) is 9.67. The Morgan fingerprint density at radius 3 is 2.62 bits per heavy atom. The molecule has 1 heterocycles. The van der Waals surface area contributed by atoms with Crippen LogP contribution in [0.3, 0.4) is 0 Å². The number of hydrogen-bond acceptors (Lipinski definition) is 2. The summed E-state index contributed by atoms with van der Waals surface area (Å²) >= 11 is 11.8. The molecular weight excluding hydrogens is 309 g/mol. The summed E-state index contributed by atoms with van der Waals surface area (Å²) in [5, 5.41) is 7.11. The minimum Gasteiger partial charge on any atom is -0.349 e. The third kappa shape index (κ3) is 3.06. The van der Waals surface area contributed by atoms with Gasteiger partial charge in [-0.3, -0.25) is 4.79 Å². The van der Waals surface area contributed by atoms with Crippen LogP contribution in [0.2, 0.25) is 0 Å². The van der Waals surface area contributed by atoms with Crippen molar-refractivity contribution in [2.45, 2.75) is 23.7 Å². The number of benzene rings is 1. The van der Waals surface area contributed by atoms with Gasteiger partial charge in [0, 0.05) is 12.4 Å². The second kappa shape index (κ2) is 5.35. The Labute approximate surface area is 133 Å². The second-order valence-corrected chi connectivity index (χ2v) is 6.83. The normalized spacial score (nSPS) is 20.8. The third-order valence-corrected chi connectivity index (χ3v) is 4.50. The Bertz CT molecular complexity index is 637. The van der Waals surface area contributed by atoms with E-state index in [1.165, 1.54) is 0 Å². The zero-order valence-electron chi connectivity index (χ0n) is 11.5. The summed E-state index contributed by atoms with van der Waals surface area (Å²) in [5.74, 6) is -0.393. The van der Waals surface area contributed by atoms with E-state index in [0.717, 1.165) is 11.3 Å². The molecule has 0 radical (unpaired) electrons. The first-order valence-electron chi connectivity index (χ1n) is 6.75. The minimum absolute atomic E-state index is 0.0890. The zero-order valence-corrected chi connectivity index (χ0v) is 13.0. The van der Waals surface area contributed by atoms with Crippen molar-refractivity contribution in [1.29, 1.82) is 0 Å². The lowest BCUT2D eigenvalue weighted by molar-refractivity contribution is -0.123. The molecule has 1 saturated carbocycles. The van der Waals surface area contributed by atoms with Crippen LogP contribution < -0.4 is 5.32 Å². The average molecular weight is 324 g/mol. The van der Waals surface area contributed by atoms with Gasteiger partial charge in [0.2, 0.25) is 5.91 Å². The number of nitrogens with one attached hydrogen (secondary N) is 1. The van der Waals surface area contributed by atoms with E-state index in [2.05, 4.69) is 10.4 Å². The Morgan fingerprint density at radius 2 is 2.10 bits per heavy atom. The van der Waals surface area contributed by atoms with Gasteiger partial charge in [-0.15, -0.1) is 23.2 Å². The first-order valence-corrected chi connectivity index (χ1v) is 7.51. The molecule has 1 aliphatic rings. The zero-order chi connectivity index (χ0) is 15.0. The number of carbonyl (C=O) groups excluding carboxylic acids is 1. The van der Waals surface area contributed by atoms with Gasteiger partial charge >= 0.3 is 0 Å². The highest BCUT2D eigenvalue weighted by Gasteiger charge is 2.56. The Kier molecular flexibility index (Phi) is 3.68. The molecule has 1 aromatic carbocycles. The van der Waals surface area contributed by atoms with Crippen LogP contribution in [0.4, 0.5) is 0 Å². The van der Waals surface area contributed by atoms with Crippen LogP contribution in [0, 0.1) is 5.92 Å². The molecule has 0 spiro atoms. The number of alkyl halides is 2. The largest absolute Gasteiger partial charge is 0.349 e. The Hall–Kier alpha value is -1.52. The predicted molar refractivity (Wildman–Crippen MR) is 82.7 cm³/mol. The van der Waals surface area contributed by atoms with Crippen LogP contribution in [-0.2, 0) is 4.79 Å². The summed E-state index contributed by atoms with van der Waals surface area (Å²) < 4.78 is 0.903. The molecule has 110 valence electrons. The van der Waals surface area contributed by atoms with Crippen molar-refractivity contribution >= 4 is 29.1 Å². The van der Waals surface area contributed by atoms with Crippen LogP contribution in [0.1, 0.15) is 24.9 Å². The number of halogens is 2. The molecule has 1 fully saturated rings. The summed E-state index contributed by atoms with van der Waals surface area (Å²) in [5.41, 5.74) is 2.00. The number of hydrogen-bond donors (Lipinski definition) is 1. The van der Waals surface area contributed by atoms with E-state index in [1.54, 1.807) is 10.9 Å². The maximum absolute atomic E-state index is 12.0. The molecule has 2 aromatic rings. The predicted octanol–water partition coefficient (Wildman–Crippen LogP) is 3.24. The molecule has 1 aromatic heterocycles. The van der Waals surface area contributed by atoms with Crippen LogP contribution in [0.15, 0.2) is 42.7 Å². The molecule has 0 unspecified atom stereocenters. The topological polar surface area (TPSA) is 46.9 Å². The molecule has 6 heteroatoms. The smallest absolute Gasteiger partial charge is 0.226 e. The van der Waals surface area contributed by atoms with E-state index in [9.17, 15) is 4.79 Å². The van der Waals surface area contributed by atoms with Crippen molar-refractivity contribution in [3.63, 3.8) is 0 Å². The highest BCUT2D eigenvalue weighted by Crippen LogP contribution is 2.53. The van der Waals surface area contributed by atoms with Gasteiger partial charge in [-0.2, -0.15) is 5.10 Å². The number of carbonyl (C=O) groups is 1. The van der Waals surface area contributed by atoms with Gasteiger partial charge < -0.3 is 5.32 Å². The molecule has 1 N–H and O–H groups in total. The van der Waals surface area contributed by atoms with E-state index in [4.69, 9.17) is 23.2 Å². The van der Waals surface area contributed by atoms with E-state index in [0.29, 0.717) is 6.42 Å². The number of nitrogens with zero attached hydrogens (tertiary/aromatic N) is 2. The van der Waals surface area contributed by atoms with E-state index in [-0.39, 0.29) is 17.9 Å². The molecule has 2 atom stereocenters. The lowest BCUT2D eigenvalue weighted by Gasteiger charge is -2.15. The fourth-order valence-electron chi connectivity index (χ4n) is 2.23. The summed E-state index contributed by atoms with van der Waals surface area (Å²) in [6.07, 6.45) is 4.14. The fraction of sp³-hybridized carbons (Fsp3) is 0.333. The van der Waals surface area contributed by atoms with Crippen molar-refractivity contribution in [2.75, 3.05) is 0 Å². The van der Waals surface area contributed by atoms with Crippen molar-refractivity contribution < 1.29 is 4.79 Å². The number of amides is 1. The monoisotopic (exact) mass is 323 g/mol. The number of rotatable bonds is 4. The minimum atomic E-state index is -0.881. The molecule has 1 aliphatic carbocycles. The van der Waals surface area contributed by atoms with Gasteiger partial charge in [0.15, 0.2) is 0 Å². The standard InChI is InChI=1S/C15H15Cl2N3O/c1-10(19-14(21)13-9-15(13,16)17)11-3-5-12(6-4-11)20-8-2-7-18-20/h2-8,10,13H,9H2,1H3,(H,19,21)/t10-,13-/m0/s1. The summed E-state index contributed by atoms with van der Waals surface area (Å²) in [7, 11) is 0. The van der Waals surface area contributed by atoms with E-state index >= 15 is 0 Å². The van der Waals surface area contributed by atoms with Crippen LogP contribution >= 0.6 is 23.2 Å². The molecule has 0 aliphatic heterocycles. The third-order valence-electron chi connectivity index (χ3n) is 3.66. The summed E-state index contributed by atoms with van der Waals surface area (Å²) in [6.45, 7) is 1.94. The van der Waals surface area contributed by atoms with Crippen LogP contribution in [0.5, 0.6) is 0 Å². The SMILES string of the molecule is C[C@H](NC(=O)[C@@H]1CC1(Cl)Cl)c1ccc(-n2cccn2)cc1. The van der Waals surface area contributed by atoms with Crippen molar-refractivity contribution in [1.82, 2.24) is 15.1 Å². The van der Waals surface area contributed by atoms with Crippen molar-refractivity contribution in [3.05, 3.63) is 48.3 Å².